The molecule has 4 heteroatoms. The molecular formula is C31H20ClN3. The maximum absolute atomic E-state index is 6.39. The number of hydrogen-bond donors (Lipinski definition) is 0. The molecule has 0 fully saturated rings. The quantitative estimate of drug-likeness (QED) is 0.260. The number of fused-ring (bicyclic) bond motifs is 1. The molecule has 35 heavy (non-hydrogen) atoms. The Morgan fingerprint density at radius 2 is 0.971 bits per heavy atom. The Bertz CT molecular complexity index is 1640. The minimum absolute atomic E-state index is 0.172. The van der Waals surface area contributed by atoms with Crippen LogP contribution >= 0.6 is 11.6 Å². The van der Waals surface area contributed by atoms with Crippen LogP contribution in [0.3, 0.4) is 0 Å². The molecular weight excluding hydrogens is 450 g/mol. The van der Waals surface area contributed by atoms with Crippen molar-refractivity contribution in [2.75, 3.05) is 0 Å². The molecule has 0 radical (unpaired) electrons. The second-order valence-corrected chi connectivity index (χ2v) is 8.64. The Morgan fingerprint density at radius 1 is 0.400 bits per heavy atom. The fraction of sp³-hybridized carbons (Fsp3) is 0. The predicted octanol–water partition coefficient (Wildman–Crippen LogP) is 8.35. The highest BCUT2D eigenvalue weighted by Gasteiger charge is 2.14. The van der Waals surface area contributed by atoms with Crippen LogP contribution in [0.1, 0.15) is 0 Å². The minimum atomic E-state index is 0.172. The second-order valence-electron chi connectivity index (χ2n) is 8.30. The van der Waals surface area contributed by atoms with Crippen LogP contribution < -0.4 is 0 Å². The lowest BCUT2D eigenvalue weighted by Gasteiger charge is -2.11. The van der Waals surface area contributed by atoms with Crippen molar-refractivity contribution >= 4 is 22.4 Å². The predicted molar refractivity (Wildman–Crippen MR) is 144 cm³/mol. The fourth-order valence-corrected chi connectivity index (χ4v) is 4.49. The lowest BCUT2D eigenvalue weighted by molar-refractivity contribution is 1.07. The summed E-state index contributed by atoms with van der Waals surface area (Å²) in [5, 5.41) is 2.57. The molecule has 1 heterocycles. The Balaban J connectivity index is 1.41. The smallest absolute Gasteiger partial charge is 0.208 e. The van der Waals surface area contributed by atoms with Gasteiger partial charge in [-0.15, -0.1) is 0 Å². The first kappa shape index (κ1) is 21.2. The van der Waals surface area contributed by atoms with Gasteiger partial charge in [-0.1, -0.05) is 115 Å². The molecule has 0 spiro atoms. The minimum Gasteiger partial charge on any atom is -0.208 e. The number of benzene rings is 5. The summed E-state index contributed by atoms with van der Waals surface area (Å²) in [6, 6.07) is 41.4. The normalized spacial score (nSPS) is 11.0. The van der Waals surface area contributed by atoms with Gasteiger partial charge in [0.1, 0.15) is 0 Å². The van der Waals surface area contributed by atoms with Gasteiger partial charge in [-0.25, -0.2) is 4.98 Å². The molecule has 0 atom stereocenters. The first-order valence-corrected chi connectivity index (χ1v) is 11.8. The average Bonchev–Trinajstić information content (AvgIpc) is 2.93. The van der Waals surface area contributed by atoms with Gasteiger partial charge >= 0.3 is 0 Å². The number of nitrogens with zero attached hydrogens (tertiary/aromatic N) is 3. The Kier molecular flexibility index (Phi) is 5.53. The number of rotatable bonds is 4. The Labute approximate surface area is 208 Å². The number of aromatic nitrogens is 3. The van der Waals surface area contributed by atoms with E-state index in [1.807, 2.05) is 48.5 Å². The van der Waals surface area contributed by atoms with Gasteiger partial charge in [-0.05, 0) is 50.7 Å². The van der Waals surface area contributed by atoms with Gasteiger partial charge in [0.25, 0.3) is 0 Å². The van der Waals surface area contributed by atoms with Gasteiger partial charge in [0.05, 0.1) is 0 Å². The maximum Gasteiger partial charge on any atom is 0.226 e. The van der Waals surface area contributed by atoms with Crippen molar-refractivity contribution < 1.29 is 0 Å². The highest BCUT2D eigenvalue weighted by molar-refractivity contribution is 6.28. The molecule has 166 valence electrons. The maximum atomic E-state index is 6.39. The van der Waals surface area contributed by atoms with Crippen LogP contribution in [0.5, 0.6) is 0 Å². The largest absolute Gasteiger partial charge is 0.226 e. The van der Waals surface area contributed by atoms with E-state index in [1.165, 1.54) is 10.8 Å². The summed E-state index contributed by atoms with van der Waals surface area (Å²) < 4.78 is 0. The molecule has 0 aliphatic heterocycles. The molecule has 1 aromatic heterocycles. The van der Waals surface area contributed by atoms with Gasteiger partial charge in [0, 0.05) is 11.1 Å². The first-order chi connectivity index (χ1) is 17.2. The molecule has 0 amide bonds. The zero-order chi connectivity index (χ0) is 23.6. The van der Waals surface area contributed by atoms with E-state index in [2.05, 4.69) is 82.8 Å². The van der Waals surface area contributed by atoms with Crippen molar-refractivity contribution in [1.82, 2.24) is 15.0 Å². The summed E-state index contributed by atoms with van der Waals surface area (Å²) in [6.45, 7) is 0. The molecule has 5 aromatic carbocycles. The summed E-state index contributed by atoms with van der Waals surface area (Å²) in [7, 11) is 0. The van der Waals surface area contributed by atoms with Crippen LogP contribution in [0.4, 0.5) is 0 Å². The van der Waals surface area contributed by atoms with Crippen LogP contribution in [0, 0.1) is 0 Å². The monoisotopic (exact) mass is 469 g/mol. The van der Waals surface area contributed by atoms with E-state index in [-0.39, 0.29) is 5.28 Å². The molecule has 6 rings (SSSR count). The van der Waals surface area contributed by atoms with Crippen LogP contribution in [0.2, 0.25) is 5.28 Å². The lowest BCUT2D eigenvalue weighted by Crippen LogP contribution is -1.98. The molecule has 0 aliphatic rings. The zero-order valence-corrected chi connectivity index (χ0v) is 19.5. The molecule has 0 saturated heterocycles. The van der Waals surface area contributed by atoms with Crippen LogP contribution in [0.25, 0.3) is 55.8 Å². The number of hydrogen-bond acceptors (Lipinski definition) is 3. The summed E-state index contributed by atoms with van der Waals surface area (Å²) >= 11 is 6.39. The summed E-state index contributed by atoms with van der Waals surface area (Å²) in [5.41, 5.74) is 6.25. The zero-order valence-electron chi connectivity index (χ0n) is 18.8. The third kappa shape index (κ3) is 4.30. The van der Waals surface area contributed by atoms with Crippen molar-refractivity contribution in [1.29, 1.82) is 0 Å². The second kappa shape index (κ2) is 9.13. The molecule has 0 bridgehead atoms. The average molecular weight is 470 g/mol. The lowest BCUT2D eigenvalue weighted by atomic mass is 9.96. The molecule has 6 aromatic rings. The van der Waals surface area contributed by atoms with Crippen molar-refractivity contribution in [3.63, 3.8) is 0 Å². The van der Waals surface area contributed by atoms with Gasteiger partial charge in [0.2, 0.25) is 5.28 Å². The summed E-state index contributed by atoms with van der Waals surface area (Å²) in [6.07, 6.45) is 0. The Morgan fingerprint density at radius 3 is 1.77 bits per heavy atom. The van der Waals surface area contributed by atoms with E-state index in [0.717, 1.165) is 33.4 Å². The molecule has 3 nitrogen and oxygen atoms in total. The SMILES string of the molecule is Clc1nc(-c2ccc(-c3ccccc3)cc2)nc(-c2ccccc2-c2ccc3ccccc3c2)n1. The van der Waals surface area contributed by atoms with Gasteiger partial charge in [0.15, 0.2) is 11.6 Å². The topological polar surface area (TPSA) is 38.7 Å². The Hall–Kier alpha value is -4.34. The van der Waals surface area contributed by atoms with E-state index >= 15 is 0 Å². The van der Waals surface area contributed by atoms with E-state index in [0.29, 0.717) is 11.6 Å². The fourth-order valence-electron chi connectivity index (χ4n) is 4.33. The third-order valence-electron chi connectivity index (χ3n) is 6.09. The van der Waals surface area contributed by atoms with E-state index in [1.54, 1.807) is 0 Å². The molecule has 0 N–H and O–H groups in total. The van der Waals surface area contributed by atoms with Crippen LogP contribution in [0.15, 0.2) is 121 Å². The number of halogens is 1. The van der Waals surface area contributed by atoms with Gasteiger partial charge in [-0.3, -0.25) is 0 Å². The summed E-state index contributed by atoms with van der Waals surface area (Å²) in [5.74, 6) is 1.10. The molecule has 0 unspecified atom stereocenters. The highest BCUT2D eigenvalue weighted by Crippen LogP contribution is 2.33. The van der Waals surface area contributed by atoms with Crippen molar-refractivity contribution in [3.8, 4) is 45.0 Å². The van der Waals surface area contributed by atoms with E-state index in [4.69, 9.17) is 16.6 Å². The van der Waals surface area contributed by atoms with Crippen LogP contribution in [-0.4, -0.2) is 15.0 Å². The van der Waals surface area contributed by atoms with Gasteiger partial charge < -0.3 is 0 Å². The molecule has 0 saturated carbocycles. The first-order valence-electron chi connectivity index (χ1n) is 11.4. The van der Waals surface area contributed by atoms with E-state index < -0.39 is 0 Å². The molecule has 0 aliphatic carbocycles. The van der Waals surface area contributed by atoms with Gasteiger partial charge in [-0.2, -0.15) is 9.97 Å². The van der Waals surface area contributed by atoms with Crippen LogP contribution in [-0.2, 0) is 0 Å². The standard InChI is InChI=1S/C31H20ClN3/c32-31-34-29(24-17-14-23(15-18-24)21-8-2-1-3-9-21)33-30(35-31)28-13-7-6-12-27(28)26-19-16-22-10-4-5-11-25(22)20-26/h1-20H. The van der Waals surface area contributed by atoms with Crippen molar-refractivity contribution in [2.45, 2.75) is 0 Å². The summed E-state index contributed by atoms with van der Waals surface area (Å²) in [4.78, 5) is 13.7. The third-order valence-corrected chi connectivity index (χ3v) is 6.26. The highest BCUT2D eigenvalue weighted by atomic mass is 35.5. The van der Waals surface area contributed by atoms with Crippen molar-refractivity contribution in [3.05, 3.63) is 127 Å². The van der Waals surface area contributed by atoms with E-state index in [9.17, 15) is 0 Å². The van der Waals surface area contributed by atoms with Crippen molar-refractivity contribution in [2.24, 2.45) is 0 Å².